The first-order chi connectivity index (χ1) is 20.7. The summed E-state index contributed by atoms with van der Waals surface area (Å²) in [4.78, 5) is 41.9. The average molecular weight is 604 g/mol. The number of halogens is 1. The normalized spacial score (nSPS) is 14.3. The highest BCUT2D eigenvalue weighted by Gasteiger charge is 2.44. The van der Waals surface area contributed by atoms with Gasteiger partial charge in [0.25, 0.3) is 5.91 Å². The molecule has 3 aromatic carbocycles. The van der Waals surface area contributed by atoms with Crippen molar-refractivity contribution < 1.29 is 28.2 Å². The first-order valence-electron chi connectivity index (χ1n) is 14.4. The fraction of sp³-hybridized carbons (Fsp3) is 0.324. The molecule has 0 saturated carbocycles. The lowest BCUT2D eigenvalue weighted by atomic mass is 9.97. The van der Waals surface area contributed by atoms with Crippen LogP contribution in [0.5, 0.6) is 11.5 Å². The summed E-state index contributed by atoms with van der Waals surface area (Å²) in [5.41, 5.74) is 1.56. The molecule has 0 aliphatic carbocycles. The molecule has 0 saturated heterocycles. The van der Waals surface area contributed by atoms with Crippen molar-refractivity contribution in [2.24, 2.45) is 5.92 Å². The van der Waals surface area contributed by atoms with Crippen LogP contribution in [-0.4, -0.2) is 32.2 Å². The van der Waals surface area contributed by atoms with Crippen LogP contribution in [0.1, 0.15) is 78.1 Å². The molecule has 2 heterocycles. The van der Waals surface area contributed by atoms with Gasteiger partial charge in [-0.3, -0.25) is 14.5 Å². The summed E-state index contributed by atoms with van der Waals surface area (Å²) in [5, 5.41) is 0.653. The van der Waals surface area contributed by atoms with Gasteiger partial charge in [0.05, 0.1) is 42.9 Å². The topological polar surface area (TPSA) is 95.3 Å². The van der Waals surface area contributed by atoms with Gasteiger partial charge in [0.1, 0.15) is 5.58 Å². The van der Waals surface area contributed by atoms with Gasteiger partial charge in [0.15, 0.2) is 16.9 Å². The van der Waals surface area contributed by atoms with E-state index >= 15 is 0 Å². The SMILES string of the molecule is CCCCOC(=O)c1ccc(N2C(=O)c3oc4ccc(Cl)cc4c(=O)c3C2c2ccc(OCCC(C)C)c(OC)c2)cc1. The molecule has 9 heteroatoms. The van der Waals surface area contributed by atoms with E-state index in [0.717, 1.165) is 19.3 Å². The third kappa shape index (κ3) is 6.11. The van der Waals surface area contributed by atoms with E-state index in [0.29, 0.717) is 52.5 Å². The summed E-state index contributed by atoms with van der Waals surface area (Å²) >= 11 is 6.22. The number of rotatable bonds is 11. The standard InChI is InChI=1S/C34H34ClNO7/c1-5-6-16-42-34(39)21-7-11-24(12-8-21)36-30(22-9-13-27(28(18-22)40-4)41-17-15-20(2)3)29-31(37)25-19-23(35)10-14-26(25)43-32(29)33(36)38/h7-14,18-20,30H,5-6,15-17H2,1-4H3. The fourth-order valence-corrected chi connectivity index (χ4v) is 5.23. The number of carbonyl (C=O) groups is 2. The van der Waals surface area contributed by atoms with Gasteiger partial charge >= 0.3 is 5.97 Å². The Morgan fingerprint density at radius 3 is 2.47 bits per heavy atom. The Bertz CT molecular complexity index is 1710. The van der Waals surface area contributed by atoms with Gasteiger partial charge in [-0.25, -0.2) is 4.79 Å². The summed E-state index contributed by atoms with van der Waals surface area (Å²) in [6.07, 6.45) is 2.56. The number of fused-ring (bicyclic) bond motifs is 2. The Labute approximate surface area is 255 Å². The zero-order valence-corrected chi connectivity index (χ0v) is 25.4. The van der Waals surface area contributed by atoms with Crippen molar-refractivity contribution in [3.8, 4) is 11.5 Å². The van der Waals surface area contributed by atoms with Crippen molar-refractivity contribution in [1.29, 1.82) is 0 Å². The van der Waals surface area contributed by atoms with Crippen molar-refractivity contribution in [3.63, 3.8) is 0 Å². The van der Waals surface area contributed by atoms with Crippen LogP contribution < -0.4 is 19.8 Å². The van der Waals surface area contributed by atoms with Crippen molar-refractivity contribution >= 4 is 40.1 Å². The predicted octanol–water partition coefficient (Wildman–Crippen LogP) is 7.59. The van der Waals surface area contributed by atoms with Gasteiger partial charge in [0, 0.05) is 10.7 Å². The van der Waals surface area contributed by atoms with Crippen molar-refractivity contribution in [2.45, 2.75) is 46.1 Å². The van der Waals surface area contributed by atoms with Gasteiger partial charge in [-0.1, -0.05) is 44.9 Å². The second-order valence-corrected chi connectivity index (χ2v) is 11.3. The number of ether oxygens (including phenoxy) is 3. The van der Waals surface area contributed by atoms with Gasteiger partial charge in [-0.05, 0) is 78.9 Å². The lowest BCUT2D eigenvalue weighted by Crippen LogP contribution is -2.29. The smallest absolute Gasteiger partial charge is 0.338 e. The predicted molar refractivity (Wildman–Crippen MR) is 166 cm³/mol. The molecule has 0 N–H and O–H groups in total. The average Bonchev–Trinajstić information content (AvgIpc) is 3.29. The molecular weight excluding hydrogens is 570 g/mol. The first-order valence-corrected chi connectivity index (χ1v) is 14.8. The first kappa shape index (κ1) is 30.2. The molecule has 5 rings (SSSR count). The Morgan fingerprint density at radius 2 is 1.77 bits per heavy atom. The van der Waals surface area contributed by atoms with E-state index in [9.17, 15) is 14.4 Å². The molecule has 4 aromatic rings. The van der Waals surface area contributed by atoms with Crippen LogP contribution in [0, 0.1) is 5.92 Å². The lowest BCUT2D eigenvalue weighted by molar-refractivity contribution is 0.0499. The van der Waals surface area contributed by atoms with Crippen molar-refractivity contribution in [1.82, 2.24) is 0 Å². The van der Waals surface area contributed by atoms with Crippen molar-refractivity contribution in [2.75, 3.05) is 25.2 Å². The largest absolute Gasteiger partial charge is 0.493 e. The molecule has 1 amide bonds. The number of unbranched alkanes of at least 4 members (excludes halogenated alkanes) is 1. The zero-order valence-electron chi connectivity index (χ0n) is 24.6. The van der Waals surface area contributed by atoms with Crippen LogP contribution in [0.4, 0.5) is 5.69 Å². The van der Waals surface area contributed by atoms with E-state index in [1.54, 1.807) is 61.7 Å². The number of anilines is 1. The minimum atomic E-state index is -0.844. The summed E-state index contributed by atoms with van der Waals surface area (Å²) < 4.78 is 23.0. The fourth-order valence-electron chi connectivity index (χ4n) is 5.06. The van der Waals surface area contributed by atoms with E-state index < -0.39 is 17.9 Å². The van der Waals surface area contributed by atoms with Gasteiger partial charge < -0.3 is 18.6 Å². The third-order valence-electron chi connectivity index (χ3n) is 7.40. The molecule has 0 radical (unpaired) electrons. The highest BCUT2D eigenvalue weighted by Crippen LogP contribution is 2.43. The lowest BCUT2D eigenvalue weighted by Gasteiger charge is -2.26. The zero-order chi connectivity index (χ0) is 30.7. The van der Waals surface area contributed by atoms with Crippen LogP contribution in [-0.2, 0) is 4.74 Å². The Kier molecular flexibility index (Phi) is 9.06. The molecular formula is C34H34ClNO7. The van der Waals surface area contributed by atoms with Crippen LogP contribution in [0.2, 0.25) is 5.02 Å². The number of methoxy groups -OCH3 is 1. The number of nitrogens with zero attached hydrogens (tertiary/aromatic N) is 1. The molecule has 1 aliphatic rings. The number of benzene rings is 3. The number of amides is 1. The van der Waals surface area contributed by atoms with E-state index in [2.05, 4.69) is 13.8 Å². The summed E-state index contributed by atoms with van der Waals surface area (Å²) in [6.45, 7) is 7.12. The van der Waals surface area contributed by atoms with E-state index in [4.69, 9.17) is 30.2 Å². The maximum atomic E-state index is 14.0. The second-order valence-electron chi connectivity index (χ2n) is 10.9. The van der Waals surface area contributed by atoms with E-state index in [1.807, 2.05) is 13.0 Å². The molecule has 1 aromatic heterocycles. The Hall–Kier alpha value is -4.30. The minimum Gasteiger partial charge on any atom is -0.493 e. The maximum Gasteiger partial charge on any atom is 0.338 e. The van der Waals surface area contributed by atoms with Crippen LogP contribution in [0.25, 0.3) is 11.0 Å². The van der Waals surface area contributed by atoms with Gasteiger partial charge in [0.2, 0.25) is 5.76 Å². The molecule has 1 atom stereocenters. The number of hydrogen-bond acceptors (Lipinski definition) is 7. The van der Waals surface area contributed by atoms with Crippen LogP contribution >= 0.6 is 11.6 Å². The Balaban J connectivity index is 1.60. The van der Waals surface area contributed by atoms with Crippen molar-refractivity contribution in [3.05, 3.63) is 98.4 Å². The quantitative estimate of drug-likeness (QED) is 0.129. The minimum absolute atomic E-state index is 0.0518. The molecule has 1 unspecified atom stereocenters. The van der Waals surface area contributed by atoms with Crippen LogP contribution in [0.3, 0.4) is 0 Å². The monoisotopic (exact) mass is 603 g/mol. The number of hydrogen-bond donors (Lipinski definition) is 0. The Morgan fingerprint density at radius 1 is 1.00 bits per heavy atom. The van der Waals surface area contributed by atoms with E-state index in [-0.39, 0.29) is 27.7 Å². The van der Waals surface area contributed by atoms with Gasteiger partial charge in [-0.15, -0.1) is 0 Å². The molecule has 0 fully saturated rings. The number of carbonyl (C=O) groups excluding carboxylic acids is 2. The molecule has 8 nitrogen and oxygen atoms in total. The highest BCUT2D eigenvalue weighted by molar-refractivity contribution is 6.31. The van der Waals surface area contributed by atoms with E-state index in [1.165, 1.54) is 4.90 Å². The summed E-state index contributed by atoms with van der Waals surface area (Å²) in [5.74, 6) is 0.539. The highest BCUT2D eigenvalue weighted by atomic mass is 35.5. The molecule has 1 aliphatic heterocycles. The maximum absolute atomic E-state index is 14.0. The molecule has 0 spiro atoms. The molecule has 224 valence electrons. The second kappa shape index (κ2) is 12.9. The summed E-state index contributed by atoms with van der Waals surface area (Å²) in [7, 11) is 1.54. The number of esters is 1. The summed E-state index contributed by atoms with van der Waals surface area (Å²) in [6, 6.07) is 15.8. The third-order valence-corrected chi connectivity index (χ3v) is 7.64. The molecule has 0 bridgehead atoms. The molecule has 43 heavy (non-hydrogen) atoms. The van der Waals surface area contributed by atoms with Gasteiger partial charge in [-0.2, -0.15) is 0 Å². The van der Waals surface area contributed by atoms with Crippen LogP contribution in [0.15, 0.2) is 69.9 Å².